The number of aryl methyl sites for hydroxylation is 1. The molecule has 2 aromatic heterocycles. The third-order valence-corrected chi connectivity index (χ3v) is 3.59. The van der Waals surface area contributed by atoms with Crippen molar-refractivity contribution in [1.29, 1.82) is 0 Å². The summed E-state index contributed by atoms with van der Waals surface area (Å²) in [5.74, 6) is 3.46. The first kappa shape index (κ1) is 13.0. The maximum absolute atomic E-state index is 5.32. The summed E-state index contributed by atoms with van der Waals surface area (Å²) >= 11 is 1.67. The number of thioether (sulfide) groups is 1. The smallest absolute Gasteiger partial charge is 0.133 e. The average Bonchev–Trinajstić information content (AvgIpc) is 2.85. The molecule has 4 nitrogen and oxygen atoms in total. The maximum atomic E-state index is 5.32. The van der Waals surface area contributed by atoms with E-state index in [2.05, 4.69) is 22.2 Å². The number of nitrogens with one attached hydrogen (secondary N) is 1. The van der Waals surface area contributed by atoms with E-state index in [0.717, 1.165) is 40.3 Å². The van der Waals surface area contributed by atoms with Gasteiger partial charge >= 0.3 is 0 Å². The van der Waals surface area contributed by atoms with Crippen molar-refractivity contribution in [3.8, 4) is 0 Å². The fourth-order valence-corrected chi connectivity index (χ4v) is 2.57. The molecule has 96 valence electrons. The van der Waals surface area contributed by atoms with E-state index >= 15 is 0 Å². The monoisotopic (exact) mass is 263 g/mol. The standard InChI is InChI=1S/C13H17N3OS/c1-4-14-12-9(2)13(16-10(3)15-12)18-8-11-6-5-7-17-11/h5-7H,4,8H2,1-3H3,(H,14,15,16). The first-order valence-corrected chi connectivity index (χ1v) is 6.93. The molecule has 0 aromatic carbocycles. The SMILES string of the molecule is CCNc1nc(C)nc(SCc2ccco2)c1C. The molecule has 0 atom stereocenters. The Labute approximate surface area is 111 Å². The highest BCUT2D eigenvalue weighted by Gasteiger charge is 2.09. The molecule has 5 heteroatoms. The Hall–Kier alpha value is -1.49. The highest BCUT2D eigenvalue weighted by molar-refractivity contribution is 7.98. The first-order chi connectivity index (χ1) is 8.70. The first-order valence-electron chi connectivity index (χ1n) is 5.95. The molecule has 0 bridgehead atoms. The minimum atomic E-state index is 0.788. The Morgan fingerprint density at radius 3 is 2.83 bits per heavy atom. The predicted octanol–water partition coefficient (Wildman–Crippen LogP) is 3.41. The lowest BCUT2D eigenvalue weighted by atomic mass is 10.3. The molecule has 0 saturated carbocycles. The lowest BCUT2D eigenvalue weighted by molar-refractivity contribution is 0.530. The number of hydrogen-bond donors (Lipinski definition) is 1. The Morgan fingerprint density at radius 2 is 2.17 bits per heavy atom. The topological polar surface area (TPSA) is 51.0 Å². The number of aromatic nitrogens is 2. The van der Waals surface area contributed by atoms with E-state index in [0.29, 0.717) is 0 Å². The average molecular weight is 263 g/mol. The minimum Gasteiger partial charge on any atom is -0.468 e. The number of rotatable bonds is 5. The zero-order valence-electron chi connectivity index (χ0n) is 10.9. The second kappa shape index (κ2) is 5.91. The molecule has 0 aliphatic carbocycles. The van der Waals surface area contributed by atoms with Crippen molar-refractivity contribution in [1.82, 2.24) is 9.97 Å². The molecule has 0 saturated heterocycles. The zero-order valence-corrected chi connectivity index (χ0v) is 11.7. The van der Waals surface area contributed by atoms with Gasteiger partial charge in [-0.2, -0.15) is 0 Å². The van der Waals surface area contributed by atoms with Crippen molar-refractivity contribution in [3.05, 3.63) is 35.5 Å². The van der Waals surface area contributed by atoms with Gasteiger partial charge in [-0.15, -0.1) is 0 Å². The molecular formula is C13H17N3OS. The van der Waals surface area contributed by atoms with Crippen LogP contribution in [0.3, 0.4) is 0 Å². The Balaban J connectivity index is 2.16. The van der Waals surface area contributed by atoms with E-state index in [1.807, 2.05) is 26.0 Å². The van der Waals surface area contributed by atoms with Crippen LogP contribution in [0.4, 0.5) is 5.82 Å². The van der Waals surface area contributed by atoms with Crippen molar-refractivity contribution in [3.63, 3.8) is 0 Å². The van der Waals surface area contributed by atoms with Gasteiger partial charge in [-0.3, -0.25) is 0 Å². The predicted molar refractivity (Wildman–Crippen MR) is 73.9 cm³/mol. The van der Waals surface area contributed by atoms with Crippen LogP contribution in [0.2, 0.25) is 0 Å². The number of anilines is 1. The summed E-state index contributed by atoms with van der Waals surface area (Å²) in [4.78, 5) is 8.89. The van der Waals surface area contributed by atoms with E-state index in [9.17, 15) is 0 Å². The third kappa shape index (κ3) is 3.04. The van der Waals surface area contributed by atoms with E-state index in [1.165, 1.54) is 0 Å². The molecule has 0 fully saturated rings. The molecule has 0 amide bonds. The van der Waals surface area contributed by atoms with Gasteiger partial charge in [-0.25, -0.2) is 9.97 Å². The van der Waals surface area contributed by atoms with Crippen LogP contribution in [0, 0.1) is 13.8 Å². The van der Waals surface area contributed by atoms with E-state index in [-0.39, 0.29) is 0 Å². The summed E-state index contributed by atoms with van der Waals surface area (Å²) in [5, 5.41) is 4.27. The van der Waals surface area contributed by atoms with Crippen LogP contribution in [-0.2, 0) is 5.75 Å². The summed E-state index contributed by atoms with van der Waals surface area (Å²) in [5.41, 5.74) is 1.10. The van der Waals surface area contributed by atoms with Crippen LogP contribution >= 0.6 is 11.8 Å². The summed E-state index contributed by atoms with van der Waals surface area (Å²) < 4.78 is 5.32. The number of furan rings is 1. The molecule has 0 radical (unpaired) electrons. The summed E-state index contributed by atoms with van der Waals surface area (Å²) in [6.45, 7) is 6.88. The molecule has 0 aliphatic heterocycles. The van der Waals surface area contributed by atoms with Crippen LogP contribution in [0.5, 0.6) is 0 Å². The van der Waals surface area contributed by atoms with E-state index in [1.54, 1.807) is 18.0 Å². The molecule has 18 heavy (non-hydrogen) atoms. The molecule has 2 aromatic rings. The summed E-state index contributed by atoms with van der Waals surface area (Å²) in [6, 6.07) is 3.87. The van der Waals surface area contributed by atoms with Gasteiger partial charge in [0, 0.05) is 12.1 Å². The van der Waals surface area contributed by atoms with Crippen LogP contribution in [0.1, 0.15) is 24.1 Å². The Kier molecular flexibility index (Phi) is 4.25. The lowest BCUT2D eigenvalue weighted by Crippen LogP contribution is -2.05. The molecule has 0 aliphatic rings. The van der Waals surface area contributed by atoms with E-state index < -0.39 is 0 Å². The number of hydrogen-bond acceptors (Lipinski definition) is 5. The van der Waals surface area contributed by atoms with Gasteiger partial charge in [0.15, 0.2) is 0 Å². The molecule has 0 unspecified atom stereocenters. The molecule has 2 rings (SSSR count). The molecule has 2 heterocycles. The molecular weight excluding hydrogens is 246 g/mol. The van der Waals surface area contributed by atoms with Crippen molar-refractivity contribution in [2.24, 2.45) is 0 Å². The van der Waals surface area contributed by atoms with Crippen molar-refractivity contribution in [2.45, 2.75) is 31.6 Å². The van der Waals surface area contributed by atoms with Gasteiger partial charge in [0.05, 0.1) is 12.0 Å². The van der Waals surface area contributed by atoms with Gasteiger partial charge in [0.25, 0.3) is 0 Å². The summed E-state index contributed by atoms with van der Waals surface area (Å²) in [7, 11) is 0. The van der Waals surface area contributed by atoms with Gasteiger partial charge in [-0.1, -0.05) is 11.8 Å². The maximum Gasteiger partial charge on any atom is 0.133 e. The van der Waals surface area contributed by atoms with Crippen LogP contribution in [0.15, 0.2) is 27.8 Å². The summed E-state index contributed by atoms with van der Waals surface area (Å²) in [6.07, 6.45) is 1.69. The second-order valence-electron chi connectivity index (χ2n) is 3.95. The highest BCUT2D eigenvalue weighted by atomic mass is 32.2. The fourth-order valence-electron chi connectivity index (χ4n) is 1.62. The molecule has 0 spiro atoms. The van der Waals surface area contributed by atoms with Crippen LogP contribution in [0.25, 0.3) is 0 Å². The lowest BCUT2D eigenvalue weighted by Gasteiger charge is -2.11. The third-order valence-electron chi connectivity index (χ3n) is 2.49. The molecule has 1 N–H and O–H groups in total. The Bertz CT molecular complexity index is 511. The largest absolute Gasteiger partial charge is 0.468 e. The van der Waals surface area contributed by atoms with Crippen molar-refractivity contribution < 1.29 is 4.42 Å². The minimum absolute atomic E-state index is 0.788. The Morgan fingerprint density at radius 1 is 1.33 bits per heavy atom. The zero-order chi connectivity index (χ0) is 13.0. The second-order valence-corrected chi connectivity index (χ2v) is 4.91. The van der Waals surface area contributed by atoms with Crippen molar-refractivity contribution in [2.75, 3.05) is 11.9 Å². The van der Waals surface area contributed by atoms with Gasteiger partial charge in [-0.05, 0) is 32.9 Å². The van der Waals surface area contributed by atoms with Crippen molar-refractivity contribution >= 4 is 17.6 Å². The van der Waals surface area contributed by atoms with E-state index in [4.69, 9.17) is 4.42 Å². The van der Waals surface area contributed by atoms with Gasteiger partial charge < -0.3 is 9.73 Å². The van der Waals surface area contributed by atoms with Gasteiger partial charge in [0.2, 0.25) is 0 Å². The van der Waals surface area contributed by atoms with Crippen LogP contribution < -0.4 is 5.32 Å². The van der Waals surface area contributed by atoms with Gasteiger partial charge in [0.1, 0.15) is 22.4 Å². The van der Waals surface area contributed by atoms with Crippen LogP contribution in [-0.4, -0.2) is 16.5 Å². The fraction of sp³-hybridized carbons (Fsp3) is 0.385. The quantitative estimate of drug-likeness (QED) is 0.661. The highest BCUT2D eigenvalue weighted by Crippen LogP contribution is 2.27. The number of nitrogens with zero attached hydrogens (tertiary/aromatic N) is 2. The normalized spacial score (nSPS) is 10.6.